The molecule has 2 aromatic carbocycles. The lowest BCUT2D eigenvalue weighted by molar-refractivity contribution is 0.102. The summed E-state index contributed by atoms with van der Waals surface area (Å²) in [7, 11) is 0. The minimum atomic E-state index is -0.285. The van der Waals surface area contributed by atoms with Crippen LogP contribution in [0.1, 0.15) is 16.8 Å². The Hall–Kier alpha value is -2.35. The van der Waals surface area contributed by atoms with Crippen molar-refractivity contribution in [3.8, 4) is 0 Å². The topological polar surface area (TPSA) is 73.0 Å². The maximum Gasteiger partial charge on any atom is 0.257 e. The number of rotatable bonds is 5. The summed E-state index contributed by atoms with van der Waals surface area (Å²) in [4.78, 5) is 12.8. The number of amides is 1. The van der Waals surface area contributed by atoms with Crippen LogP contribution in [0.4, 0.5) is 22.7 Å². The highest BCUT2D eigenvalue weighted by molar-refractivity contribution is 8.00. The summed E-state index contributed by atoms with van der Waals surface area (Å²) in [5.74, 6) is 0.798. The normalized spacial score (nSPS) is 13.6. The first-order valence-corrected chi connectivity index (χ1v) is 10.4. The van der Waals surface area contributed by atoms with E-state index >= 15 is 0 Å². The van der Waals surface area contributed by atoms with Gasteiger partial charge in [0.1, 0.15) is 0 Å². The minimum absolute atomic E-state index is 0.285. The number of H-pyrrole nitrogens is 1. The Balaban J connectivity index is 1.55. The molecule has 1 saturated heterocycles. The maximum atomic E-state index is 12.8. The van der Waals surface area contributed by atoms with Crippen molar-refractivity contribution in [2.75, 3.05) is 27.2 Å². The van der Waals surface area contributed by atoms with Crippen molar-refractivity contribution in [1.29, 1.82) is 0 Å². The Morgan fingerprint density at radius 2 is 2.00 bits per heavy atom. The molecule has 0 unspecified atom stereocenters. The monoisotopic (exact) mass is 433 g/mol. The molecule has 0 spiro atoms. The molecule has 1 aliphatic rings. The Morgan fingerprint density at radius 1 is 1.14 bits per heavy atom. The predicted molar refractivity (Wildman–Crippen MR) is 117 cm³/mol. The Labute approximate surface area is 176 Å². The van der Waals surface area contributed by atoms with Gasteiger partial charge in [-0.2, -0.15) is 5.10 Å². The molecule has 0 bridgehead atoms. The molecule has 0 aliphatic carbocycles. The zero-order chi connectivity index (χ0) is 19.5. The summed E-state index contributed by atoms with van der Waals surface area (Å²) >= 11 is 14.3. The molecular weight excluding hydrogens is 417 g/mol. The summed E-state index contributed by atoms with van der Waals surface area (Å²) < 4.78 is 2.18. The number of hydrogen-bond donors (Lipinski definition) is 3. The number of carbonyl (C=O) groups is 1. The van der Waals surface area contributed by atoms with Crippen LogP contribution in [-0.4, -0.2) is 28.4 Å². The minimum Gasteiger partial charge on any atom is -0.353 e. The number of halogens is 2. The van der Waals surface area contributed by atoms with Gasteiger partial charge >= 0.3 is 0 Å². The molecule has 0 atom stereocenters. The Morgan fingerprint density at radius 3 is 2.75 bits per heavy atom. The number of carbonyl (C=O) groups excluding carboxylic acids is 1. The third-order valence-electron chi connectivity index (χ3n) is 4.18. The molecular formula is C19H17Cl2N5OS. The molecule has 1 aromatic heterocycles. The molecule has 3 aromatic rings. The highest BCUT2D eigenvalue weighted by Crippen LogP contribution is 2.32. The number of benzene rings is 2. The van der Waals surface area contributed by atoms with Crippen molar-refractivity contribution in [3.05, 3.63) is 64.4 Å². The zero-order valence-corrected chi connectivity index (χ0v) is 17.0. The smallest absolute Gasteiger partial charge is 0.257 e. The van der Waals surface area contributed by atoms with Gasteiger partial charge in [0, 0.05) is 40.6 Å². The first-order valence-electron chi connectivity index (χ1n) is 8.66. The third kappa shape index (κ3) is 4.38. The van der Waals surface area contributed by atoms with E-state index in [2.05, 4.69) is 25.1 Å². The van der Waals surface area contributed by atoms with Gasteiger partial charge in [-0.25, -0.2) is 0 Å². The Kier molecular flexibility index (Phi) is 5.66. The molecule has 1 fully saturated rings. The molecule has 3 N–H and O–H groups in total. The van der Waals surface area contributed by atoms with Gasteiger partial charge in [-0.1, -0.05) is 23.2 Å². The van der Waals surface area contributed by atoms with E-state index in [4.69, 9.17) is 23.2 Å². The largest absolute Gasteiger partial charge is 0.353 e. The van der Waals surface area contributed by atoms with Gasteiger partial charge in [0.25, 0.3) is 5.91 Å². The van der Waals surface area contributed by atoms with Gasteiger partial charge in [-0.3, -0.25) is 9.89 Å². The lowest BCUT2D eigenvalue weighted by Crippen LogP contribution is -2.15. The average Bonchev–Trinajstić information content (AvgIpc) is 3.35. The van der Waals surface area contributed by atoms with Crippen LogP contribution in [-0.2, 0) is 0 Å². The van der Waals surface area contributed by atoms with Crippen LogP contribution < -0.4 is 14.9 Å². The third-order valence-corrected chi connectivity index (χ3v) is 5.90. The van der Waals surface area contributed by atoms with Gasteiger partial charge in [0.2, 0.25) is 0 Å². The molecule has 9 heteroatoms. The number of anilines is 4. The first-order chi connectivity index (χ1) is 13.6. The van der Waals surface area contributed by atoms with E-state index in [1.54, 1.807) is 48.6 Å². The zero-order valence-electron chi connectivity index (χ0n) is 14.7. The SMILES string of the molecule is O=C(Nc1cc(Cl)cc(Nc2cn[nH]c2)c1)c1cc(N2CCCS2)ccc1Cl. The summed E-state index contributed by atoms with van der Waals surface area (Å²) in [6.07, 6.45) is 4.51. The first kappa shape index (κ1) is 19.0. The van der Waals surface area contributed by atoms with E-state index in [-0.39, 0.29) is 5.91 Å². The lowest BCUT2D eigenvalue weighted by Gasteiger charge is -2.17. The molecule has 0 saturated carbocycles. The summed E-state index contributed by atoms with van der Waals surface area (Å²) in [6, 6.07) is 10.8. The molecule has 1 amide bonds. The Bertz CT molecular complexity index is 990. The highest BCUT2D eigenvalue weighted by Gasteiger charge is 2.18. The maximum absolute atomic E-state index is 12.8. The summed E-state index contributed by atoms with van der Waals surface area (Å²) in [5, 5.41) is 13.6. The second kappa shape index (κ2) is 8.34. The van der Waals surface area contributed by atoms with Crippen LogP contribution in [0.2, 0.25) is 10.0 Å². The van der Waals surface area contributed by atoms with Crippen LogP contribution >= 0.6 is 35.1 Å². The quantitative estimate of drug-likeness (QED) is 0.458. The second-order valence-corrected chi connectivity index (χ2v) is 8.20. The van der Waals surface area contributed by atoms with Gasteiger partial charge in [0.15, 0.2) is 0 Å². The van der Waals surface area contributed by atoms with E-state index in [9.17, 15) is 4.79 Å². The lowest BCUT2D eigenvalue weighted by atomic mass is 10.1. The van der Waals surface area contributed by atoms with Crippen molar-refractivity contribution < 1.29 is 4.79 Å². The number of nitrogens with one attached hydrogen (secondary N) is 3. The molecule has 6 nitrogen and oxygen atoms in total. The van der Waals surface area contributed by atoms with E-state index in [1.165, 1.54) is 0 Å². The number of aromatic amines is 1. The van der Waals surface area contributed by atoms with Crippen LogP contribution in [0, 0.1) is 0 Å². The molecule has 0 radical (unpaired) electrons. The van der Waals surface area contributed by atoms with Crippen molar-refractivity contribution in [2.45, 2.75) is 6.42 Å². The van der Waals surface area contributed by atoms with Crippen molar-refractivity contribution in [3.63, 3.8) is 0 Å². The fourth-order valence-electron chi connectivity index (χ4n) is 2.91. The van der Waals surface area contributed by atoms with Gasteiger partial charge < -0.3 is 14.9 Å². The molecule has 144 valence electrons. The number of nitrogens with zero attached hydrogens (tertiary/aromatic N) is 2. The van der Waals surface area contributed by atoms with E-state index in [0.717, 1.165) is 35.8 Å². The van der Waals surface area contributed by atoms with Crippen molar-refractivity contribution in [2.24, 2.45) is 0 Å². The summed E-state index contributed by atoms with van der Waals surface area (Å²) in [6.45, 7) is 0.963. The van der Waals surface area contributed by atoms with Crippen LogP contribution in [0.15, 0.2) is 48.8 Å². The predicted octanol–water partition coefficient (Wildman–Crippen LogP) is 5.57. The number of aromatic nitrogens is 2. The van der Waals surface area contributed by atoms with E-state index < -0.39 is 0 Å². The van der Waals surface area contributed by atoms with Gasteiger partial charge in [-0.15, -0.1) is 0 Å². The molecule has 4 rings (SSSR count). The highest BCUT2D eigenvalue weighted by atomic mass is 35.5. The van der Waals surface area contributed by atoms with E-state index in [0.29, 0.717) is 21.3 Å². The van der Waals surface area contributed by atoms with Crippen molar-refractivity contribution in [1.82, 2.24) is 10.2 Å². The van der Waals surface area contributed by atoms with Gasteiger partial charge in [0.05, 0.1) is 22.5 Å². The fourth-order valence-corrected chi connectivity index (χ4v) is 4.35. The van der Waals surface area contributed by atoms with Crippen LogP contribution in [0.5, 0.6) is 0 Å². The molecule has 1 aliphatic heterocycles. The van der Waals surface area contributed by atoms with Crippen LogP contribution in [0.25, 0.3) is 0 Å². The van der Waals surface area contributed by atoms with Crippen molar-refractivity contribution >= 4 is 63.8 Å². The molecule has 28 heavy (non-hydrogen) atoms. The average molecular weight is 434 g/mol. The summed E-state index contributed by atoms with van der Waals surface area (Å²) in [5.41, 5.74) is 3.50. The fraction of sp³-hybridized carbons (Fsp3) is 0.158. The number of hydrogen-bond acceptors (Lipinski definition) is 5. The standard InChI is InChI=1S/C19H17Cl2N5OS/c20-12-6-13(24-15-10-22-23-11-15)8-14(7-12)25-19(27)17-9-16(2-3-18(17)21)26-4-1-5-28-26/h2-3,6-11,24H,1,4-5H2,(H,22,23)(H,25,27). The molecule has 2 heterocycles. The van der Waals surface area contributed by atoms with E-state index in [1.807, 2.05) is 12.1 Å². The van der Waals surface area contributed by atoms with Crippen LogP contribution in [0.3, 0.4) is 0 Å². The van der Waals surface area contributed by atoms with Gasteiger partial charge in [-0.05, 0) is 54.8 Å². The second-order valence-electron chi connectivity index (χ2n) is 6.25.